The van der Waals surface area contributed by atoms with Gasteiger partial charge in [-0.05, 0) is 43.1 Å². The summed E-state index contributed by atoms with van der Waals surface area (Å²) < 4.78 is 26.2. The molecule has 0 heterocycles. The summed E-state index contributed by atoms with van der Waals surface area (Å²) in [5.74, 6) is -0.692. The van der Waals surface area contributed by atoms with Gasteiger partial charge in [0.25, 0.3) is 0 Å². The Balaban J connectivity index is 1.82. The van der Waals surface area contributed by atoms with Gasteiger partial charge in [-0.1, -0.05) is 19.8 Å². The first-order valence-corrected chi connectivity index (χ1v) is 7.24. The van der Waals surface area contributed by atoms with E-state index in [0.717, 1.165) is 12.5 Å². The first-order valence-electron chi connectivity index (χ1n) is 6.84. The molecule has 0 amide bonds. The number of benzene rings is 1. The SMILES string of the molecule is C[C@H]1CCCC[C@H]1NC(=S)NNc1ccc(F)cc1F. The maximum atomic E-state index is 13.4. The van der Waals surface area contributed by atoms with Crippen LogP contribution in [0.5, 0.6) is 0 Å². The third-order valence-electron chi connectivity index (χ3n) is 3.67. The Bertz CT molecular complexity index is 481. The molecule has 1 saturated carbocycles. The highest BCUT2D eigenvalue weighted by molar-refractivity contribution is 7.80. The highest BCUT2D eigenvalue weighted by Crippen LogP contribution is 2.23. The van der Waals surface area contributed by atoms with Crippen LogP contribution in [0.4, 0.5) is 14.5 Å². The van der Waals surface area contributed by atoms with Crippen LogP contribution in [0.25, 0.3) is 0 Å². The van der Waals surface area contributed by atoms with E-state index in [9.17, 15) is 8.78 Å². The Labute approximate surface area is 123 Å². The third kappa shape index (κ3) is 4.03. The number of nitrogens with one attached hydrogen (secondary N) is 3. The van der Waals surface area contributed by atoms with E-state index in [1.807, 2.05) is 0 Å². The molecule has 2 atom stereocenters. The number of hydrogen-bond donors (Lipinski definition) is 3. The Morgan fingerprint density at radius 1 is 1.25 bits per heavy atom. The van der Waals surface area contributed by atoms with Crippen LogP contribution in [0.1, 0.15) is 32.6 Å². The van der Waals surface area contributed by atoms with Gasteiger partial charge >= 0.3 is 0 Å². The van der Waals surface area contributed by atoms with Crippen molar-refractivity contribution in [3.05, 3.63) is 29.8 Å². The lowest BCUT2D eigenvalue weighted by Gasteiger charge is -2.30. The predicted octanol–water partition coefficient (Wildman–Crippen LogP) is 3.33. The van der Waals surface area contributed by atoms with Crippen molar-refractivity contribution < 1.29 is 8.78 Å². The van der Waals surface area contributed by atoms with Crippen molar-refractivity contribution in [2.24, 2.45) is 5.92 Å². The van der Waals surface area contributed by atoms with Crippen molar-refractivity contribution in [3.63, 3.8) is 0 Å². The fraction of sp³-hybridized carbons (Fsp3) is 0.500. The molecule has 20 heavy (non-hydrogen) atoms. The number of hydrazine groups is 1. The summed E-state index contributed by atoms with van der Waals surface area (Å²) in [6, 6.07) is 3.68. The molecule has 1 aromatic rings. The molecular weight excluding hydrogens is 280 g/mol. The second-order valence-corrected chi connectivity index (χ2v) is 5.62. The average Bonchev–Trinajstić information content (AvgIpc) is 2.40. The van der Waals surface area contributed by atoms with Gasteiger partial charge in [0.05, 0.1) is 5.69 Å². The van der Waals surface area contributed by atoms with E-state index in [1.54, 1.807) is 0 Å². The summed E-state index contributed by atoms with van der Waals surface area (Å²) in [5, 5.41) is 3.65. The molecule has 0 unspecified atom stereocenters. The third-order valence-corrected chi connectivity index (χ3v) is 3.89. The van der Waals surface area contributed by atoms with Crippen molar-refractivity contribution in [2.45, 2.75) is 38.6 Å². The number of rotatable bonds is 3. The maximum absolute atomic E-state index is 13.4. The normalized spacial score (nSPS) is 22.1. The molecule has 3 N–H and O–H groups in total. The number of halogens is 2. The lowest BCUT2D eigenvalue weighted by atomic mass is 9.86. The molecule has 1 aromatic carbocycles. The maximum Gasteiger partial charge on any atom is 0.185 e. The average molecular weight is 299 g/mol. The van der Waals surface area contributed by atoms with Crippen LogP contribution in [0.2, 0.25) is 0 Å². The molecule has 0 bridgehead atoms. The summed E-state index contributed by atoms with van der Waals surface area (Å²) in [6.45, 7) is 2.20. The lowest BCUT2D eigenvalue weighted by Crippen LogP contribution is -2.47. The minimum absolute atomic E-state index is 0.159. The summed E-state index contributed by atoms with van der Waals surface area (Å²) in [5.41, 5.74) is 5.54. The van der Waals surface area contributed by atoms with Crippen LogP contribution in [-0.4, -0.2) is 11.2 Å². The quantitative estimate of drug-likeness (QED) is 0.591. The van der Waals surface area contributed by atoms with Crippen LogP contribution in [-0.2, 0) is 0 Å². The van der Waals surface area contributed by atoms with E-state index >= 15 is 0 Å². The van der Waals surface area contributed by atoms with Crippen LogP contribution in [0, 0.1) is 17.6 Å². The van der Waals surface area contributed by atoms with Crippen LogP contribution in [0.3, 0.4) is 0 Å². The Morgan fingerprint density at radius 2 is 2.00 bits per heavy atom. The lowest BCUT2D eigenvalue weighted by molar-refractivity contribution is 0.308. The van der Waals surface area contributed by atoms with Crippen LogP contribution >= 0.6 is 12.2 Å². The van der Waals surface area contributed by atoms with E-state index in [4.69, 9.17) is 12.2 Å². The van der Waals surface area contributed by atoms with E-state index < -0.39 is 11.6 Å². The Kier molecular flexibility index (Phi) is 5.11. The molecule has 0 spiro atoms. The van der Waals surface area contributed by atoms with Crippen molar-refractivity contribution in [2.75, 3.05) is 5.43 Å². The van der Waals surface area contributed by atoms with Crippen LogP contribution in [0.15, 0.2) is 18.2 Å². The molecule has 1 aliphatic carbocycles. The minimum Gasteiger partial charge on any atom is -0.358 e. The van der Waals surface area contributed by atoms with E-state index in [1.165, 1.54) is 31.4 Å². The standard InChI is InChI=1S/C14H19F2N3S/c1-9-4-2-3-5-12(9)17-14(20)19-18-13-7-6-10(15)8-11(13)16/h6-9,12,18H,2-5H2,1H3,(H2,17,19,20)/t9-,12+/m0/s1. The van der Waals surface area contributed by atoms with Gasteiger partial charge in [-0.25, -0.2) is 8.78 Å². The zero-order chi connectivity index (χ0) is 14.5. The Hall–Kier alpha value is -1.43. The summed E-state index contributed by atoms with van der Waals surface area (Å²) >= 11 is 5.17. The molecule has 110 valence electrons. The van der Waals surface area contributed by atoms with E-state index in [-0.39, 0.29) is 5.69 Å². The molecule has 0 radical (unpaired) electrons. The first kappa shape index (κ1) is 15.0. The molecule has 0 aliphatic heterocycles. The fourth-order valence-electron chi connectivity index (χ4n) is 2.45. The second kappa shape index (κ2) is 6.83. The largest absolute Gasteiger partial charge is 0.358 e. The molecule has 1 aliphatic rings. The van der Waals surface area contributed by atoms with Crippen molar-refractivity contribution in [3.8, 4) is 0 Å². The van der Waals surface area contributed by atoms with Gasteiger partial charge in [-0.3, -0.25) is 10.9 Å². The molecule has 0 aromatic heterocycles. The van der Waals surface area contributed by atoms with Crippen molar-refractivity contribution >= 4 is 23.0 Å². The van der Waals surface area contributed by atoms with Gasteiger partial charge in [0, 0.05) is 12.1 Å². The molecule has 6 heteroatoms. The van der Waals surface area contributed by atoms with E-state index in [0.29, 0.717) is 17.1 Å². The smallest absolute Gasteiger partial charge is 0.185 e. The second-order valence-electron chi connectivity index (χ2n) is 5.22. The Morgan fingerprint density at radius 3 is 2.70 bits per heavy atom. The summed E-state index contributed by atoms with van der Waals surface area (Å²) in [7, 11) is 0. The highest BCUT2D eigenvalue weighted by atomic mass is 32.1. The minimum atomic E-state index is -0.661. The zero-order valence-electron chi connectivity index (χ0n) is 11.4. The molecule has 2 rings (SSSR count). The van der Waals surface area contributed by atoms with E-state index in [2.05, 4.69) is 23.1 Å². The predicted molar refractivity (Wildman–Crippen MR) is 80.3 cm³/mol. The van der Waals surface area contributed by atoms with Gasteiger partial charge in [-0.2, -0.15) is 0 Å². The van der Waals surface area contributed by atoms with Crippen LogP contribution < -0.4 is 16.2 Å². The fourth-order valence-corrected chi connectivity index (χ4v) is 2.65. The number of hydrogen-bond acceptors (Lipinski definition) is 2. The first-order chi connectivity index (χ1) is 9.56. The van der Waals surface area contributed by atoms with Gasteiger partial charge < -0.3 is 5.32 Å². The number of anilines is 1. The van der Waals surface area contributed by atoms with Gasteiger partial charge in [0.15, 0.2) is 10.9 Å². The summed E-state index contributed by atoms with van der Waals surface area (Å²) in [6.07, 6.45) is 4.75. The molecular formula is C14H19F2N3S. The molecule has 1 fully saturated rings. The monoisotopic (exact) mass is 299 g/mol. The zero-order valence-corrected chi connectivity index (χ0v) is 12.2. The van der Waals surface area contributed by atoms with Crippen molar-refractivity contribution in [1.29, 1.82) is 0 Å². The topological polar surface area (TPSA) is 36.1 Å². The van der Waals surface area contributed by atoms with Gasteiger partial charge in [0.1, 0.15) is 5.82 Å². The summed E-state index contributed by atoms with van der Waals surface area (Å²) in [4.78, 5) is 0. The molecule has 3 nitrogen and oxygen atoms in total. The number of thiocarbonyl (C=S) groups is 1. The van der Waals surface area contributed by atoms with Gasteiger partial charge in [0.2, 0.25) is 0 Å². The molecule has 0 saturated heterocycles. The van der Waals surface area contributed by atoms with Gasteiger partial charge in [-0.15, -0.1) is 0 Å². The van der Waals surface area contributed by atoms with Crippen molar-refractivity contribution in [1.82, 2.24) is 10.7 Å². The highest BCUT2D eigenvalue weighted by Gasteiger charge is 2.21.